The average Bonchev–Trinajstić information content (AvgIpc) is 2.55. The maximum absolute atomic E-state index is 13.1. The van der Waals surface area contributed by atoms with E-state index in [4.69, 9.17) is 0 Å². The molecule has 0 radical (unpaired) electrons. The number of piperazine rings is 1. The van der Waals surface area contributed by atoms with Gasteiger partial charge in [-0.05, 0) is 29.8 Å². The van der Waals surface area contributed by atoms with E-state index in [1.807, 2.05) is 6.07 Å². The number of phenolic OH excluding ortho intramolecular Hbond substituents is 1. The molecule has 0 saturated carbocycles. The Bertz CT molecular complexity index is 697. The molecule has 0 amide bonds. The van der Waals surface area contributed by atoms with Gasteiger partial charge in [0.1, 0.15) is 11.6 Å². The van der Waals surface area contributed by atoms with Crippen LogP contribution >= 0.6 is 0 Å². The normalized spacial score (nSPS) is 16.4. The molecule has 24 heavy (non-hydrogen) atoms. The lowest BCUT2D eigenvalue weighted by Gasteiger charge is -2.36. The van der Waals surface area contributed by atoms with Crippen molar-refractivity contribution in [1.29, 1.82) is 0 Å². The van der Waals surface area contributed by atoms with Gasteiger partial charge in [-0.15, -0.1) is 0 Å². The van der Waals surface area contributed by atoms with Crippen molar-refractivity contribution in [2.24, 2.45) is 0 Å². The number of rotatable bonds is 3. The number of anilines is 1. The predicted molar refractivity (Wildman–Crippen MR) is 84.8 cm³/mol. The zero-order valence-electron chi connectivity index (χ0n) is 13.0. The minimum Gasteiger partial charge on any atom is -0.508 e. The Balaban J connectivity index is 1.66. The van der Waals surface area contributed by atoms with E-state index in [9.17, 15) is 18.3 Å². The zero-order valence-corrected chi connectivity index (χ0v) is 13.0. The molecule has 1 aliphatic rings. The number of hydrogen-bond donors (Lipinski definition) is 1. The van der Waals surface area contributed by atoms with Gasteiger partial charge < -0.3 is 10.0 Å². The minimum atomic E-state index is -4.40. The molecule has 0 bridgehead atoms. The monoisotopic (exact) mass is 337 g/mol. The summed E-state index contributed by atoms with van der Waals surface area (Å²) in [5.74, 6) is 0.219. The van der Waals surface area contributed by atoms with Gasteiger partial charge in [-0.2, -0.15) is 13.2 Å². The number of phenols is 1. The van der Waals surface area contributed by atoms with Crippen LogP contribution in [0.4, 0.5) is 19.0 Å². The maximum atomic E-state index is 13.1. The van der Waals surface area contributed by atoms with E-state index in [-0.39, 0.29) is 11.6 Å². The van der Waals surface area contributed by atoms with Crippen LogP contribution in [0.5, 0.6) is 5.75 Å². The van der Waals surface area contributed by atoms with Crippen LogP contribution in [-0.4, -0.2) is 41.2 Å². The molecule has 7 heteroatoms. The maximum Gasteiger partial charge on any atom is 0.419 e. The van der Waals surface area contributed by atoms with E-state index in [2.05, 4.69) is 9.88 Å². The van der Waals surface area contributed by atoms with Crippen LogP contribution < -0.4 is 4.90 Å². The average molecular weight is 337 g/mol. The van der Waals surface area contributed by atoms with E-state index in [0.29, 0.717) is 32.7 Å². The van der Waals surface area contributed by atoms with Crippen LogP contribution in [0.3, 0.4) is 0 Å². The van der Waals surface area contributed by atoms with Gasteiger partial charge in [0.05, 0.1) is 5.56 Å². The number of aromatic nitrogens is 1. The topological polar surface area (TPSA) is 39.6 Å². The Morgan fingerprint density at radius 2 is 1.79 bits per heavy atom. The summed E-state index contributed by atoms with van der Waals surface area (Å²) in [7, 11) is 0. The fourth-order valence-corrected chi connectivity index (χ4v) is 2.90. The zero-order chi connectivity index (χ0) is 17.2. The van der Waals surface area contributed by atoms with Crippen LogP contribution in [0.1, 0.15) is 11.1 Å². The molecule has 1 fully saturated rings. The van der Waals surface area contributed by atoms with E-state index < -0.39 is 11.7 Å². The number of benzene rings is 1. The Morgan fingerprint density at radius 1 is 1.04 bits per heavy atom. The largest absolute Gasteiger partial charge is 0.508 e. The first kappa shape index (κ1) is 16.6. The molecule has 3 rings (SSSR count). The Morgan fingerprint density at radius 3 is 2.46 bits per heavy atom. The van der Waals surface area contributed by atoms with Crippen LogP contribution in [0.2, 0.25) is 0 Å². The fraction of sp³-hybridized carbons (Fsp3) is 0.353. The van der Waals surface area contributed by atoms with Gasteiger partial charge in [0, 0.05) is 38.9 Å². The van der Waals surface area contributed by atoms with Crippen LogP contribution in [0.25, 0.3) is 0 Å². The number of aromatic hydroxyl groups is 1. The van der Waals surface area contributed by atoms with Gasteiger partial charge >= 0.3 is 6.18 Å². The number of hydrogen-bond acceptors (Lipinski definition) is 4. The minimum absolute atomic E-state index is 0.00186. The molecular formula is C17H18F3N3O. The molecule has 0 aliphatic carbocycles. The highest BCUT2D eigenvalue weighted by Crippen LogP contribution is 2.35. The quantitative estimate of drug-likeness (QED) is 0.934. The van der Waals surface area contributed by atoms with Crippen molar-refractivity contribution >= 4 is 5.82 Å². The first-order valence-corrected chi connectivity index (χ1v) is 7.71. The fourth-order valence-electron chi connectivity index (χ4n) is 2.90. The summed E-state index contributed by atoms with van der Waals surface area (Å²) in [5.41, 5.74) is 0.295. The first-order valence-electron chi connectivity index (χ1n) is 7.71. The highest BCUT2D eigenvalue weighted by atomic mass is 19.4. The first-order chi connectivity index (χ1) is 11.4. The number of pyridine rings is 1. The number of halogens is 3. The summed E-state index contributed by atoms with van der Waals surface area (Å²) >= 11 is 0. The molecule has 1 N–H and O–H groups in total. The van der Waals surface area contributed by atoms with Crippen molar-refractivity contribution in [2.45, 2.75) is 12.7 Å². The third-order valence-electron chi connectivity index (χ3n) is 4.08. The highest BCUT2D eigenvalue weighted by Gasteiger charge is 2.36. The molecule has 2 heterocycles. The van der Waals surface area contributed by atoms with Crippen LogP contribution in [0.15, 0.2) is 42.6 Å². The summed E-state index contributed by atoms with van der Waals surface area (Å²) in [6.45, 7) is 2.92. The molecular weight excluding hydrogens is 319 g/mol. The molecule has 4 nitrogen and oxygen atoms in total. The Hall–Kier alpha value is -2.28. The second kappa shape index (κ2) is 6.68. The highest BCUT2D eigenvalue weighted by molar-refractivity contribution is 5.48. The summed E-state index contributed by atoms with van der Waals surface area (Å²) in [6, 6.07) is 9.40. The molecule has 0 atom stereocenters. The molecule has 128 valence electrons. The van der Waals surface area contributed by atoms with Crippen molar-refractivity contribution in [3.63, 3.8) is 0 Å². The van der Waals surface area contributed by atoms with Crippen LogP contribution in [-0.2, 0) is 12.7 Å². The summed E-state index contributed by atoms with van der Waals surface area (Å²) in [4.78, 5) is 7.78. The molecule has 0 spiro atoms. The van der Waals surface area contributed by atoms with E-state index in [0.717, 1.165) is 11.6 Å². The van der Waals surface area contributed by atoms with Gasteiger partial charge in [0.25, 0.3) is 0 Å². The smallest absolute Gasteiger partial charge is 0.419 e. The van der Waals surface area contributed by atoms with Gasteiger partial charge in [-0.1, -0.05) is 12.1 Å². The lowest BCUT2D eigenvalue weighted by atomic mass is 10.1. The molecule has 1 aromatic carbocycles. The molecule has 1 saturated heterocycles. The van der Waals surface area contributed by atoms with Gasteiger partial charge in [0.15, 0.2) is 0 Å². The molecule has 1 aromatic heterocycles. The second-order valence-electron chi connectivity index (χ2n) is 5.81. The predicted octanol–water partition coefficient (Wildman–Crippen LogP) is 3.13. The standard InChI is InChI=1S/C17H18F3N3O/c18-17(19,20)15-5-2-6-21-16(15)23-9-7-22(8-10-23)12-13-3-1-4-14(24)11-13/h1-6,11,24H,7-10,12H2. The SMILES string of the molecule is Oc1cccc(CN2CCN(c3ncccc3C(F)(F)F)CC2)c1. The van der Waals surface area contributed by atoms with Crippen molar-refractivity contribution < 1.29 is 18.3 Å². The lowest BCUT2D eigenvalue weighted by Crippen LogP contribution is -2.46. The number of nitrogens with zero attached hydrogens (tertiary/aromatic N) is 3. The van der Waals surface area contributed by atoms with Crippen molar-refractivity contribution in [1.82, 2.24) is 9.88 Å². The van der Waals surface area contributed by atoms with Crippen molar-refractivity contribution in [3.8, 4) is 5.75 Å². The van der Waals surface area contributed by atoms with Gasteiger partial charge in [-0.3, -0.25) is 4.90 Å². The molecule has 2 aromatic rings. The van der Waals surface area contributed by atoms with E-state index >= 15 is 0 Å². The molecule has 1 aliphatic heterocycles. The van der Waals surface area contributed by atoms with E-state index in [1.165, 1.54) is 12.3 Å². The van der Waals surface area contributed by atoms with Crippen molar-refractivity contribution in [3.05, 3.63) is 53.7 Å². The van der Waals surface area contributed by atoms with E-state index in [1.54, 1.807) is 23.1 Å². The van der Waals surface area contributed by atoms with Crippen molar-refractivity contribution in [2.75, 3.05) is 31.1 Å². The molecule has 0 unspecified atom stereocenters. The van der Waals surface area contributed by atoms with Gasteiger partial charge in [0.2, 0.25) is 0 Å². The lowest BCUT2D eigenvalue weighted by molar-refractivity contribution is -0.137. The number of alkyl halides is 3. The summed E-state index contributed by atoms with van der Waals surface area (Å²) in [6.07, 6.45) is -3.01. The third-order valence-corrected chi connectivity index (χ3v) is 4.08. The second-order valence-corrected chi connectivity index (χ2v) is 5.81. The Kier molecular flexibility index (Phi) is 4.62. The van der Waals surface area contributed by atoms with Crippen LogP contribution in [0, 0.1) is 0 Å². The third kappa shape index (κ3) is 3.79. The summed E-state index contributed by atoms with van der Waals surface area (Å²) < 4.78 is 39.3. The summed E-state index contributed by atoms with van der Waals surface area (Å²) in [5, 5.41) is 9.50. The van der Waals surface area contributed by atoms with Gasteiger partial charge in [-0.25, -0.2) is 4.98 Å². The Labute approximate surface area is 138 Å².